The molecule has 3 rings (SSSR count). The Morgan fingerprint density at radius 1 is 1.18 bits per heavy atom. The molecule has 2 heterocycles. The van der Waals surface area contributed by atoms with Crippen LogP contribution in [0.5, 0.6) is 0 Å². The number of piperidine rings is 1. The number of esters is 1. The van der Waals surface area contributed by atoms with Gasteiger partial charge in [0.1, 0.15) is 6.10 Å². The van der Waals surface area contributed by atoms with E-state index in [1.54, 1.807) is 13.8 Å². The smallest absolute Gasteiger partial charge is 0.410 e. The summed E-state index contributed by atoms with van der Waals surface area (Å²) in [5, 5.41) is 0. The molecule has 0 aromatic rings. The lowest BCUT2D eigenvalue weighted by molar-refractivity contribution is -0.276. The zero-order valence-corrected chi connectivity index (χ0v) is 13.4. The Morgan fingerprint density at radius 3 is 2.64 bits per heavy atom. The second kappa shape index (κ2) is 6.07. The van der Waals surface area contributed by atoms with Gasteiger partial charge in [0.05, 0.1) is 6.10 Å². The lowest BCUT2D eigenvalue weighted by atomic mass is 9.97. The summed E-state index contributed by atoms with van der Waals surface area (Å²) >= 11 is 0. The molecule has 0 aromatic heterocycles. The number of cyclic esters (lactones) is 1. The number of nitrogens with zero attached hydrogens (tertiary/aromatic N) is 1. The van der Waals surface area contributed by atoms with Gasteiger partial charge in [-0.25, -0.2) is 9.59 Å². The molecule has 2 saturated heterocycles. The Hall–Kier alpha value is -1.30. The summed E-state index contributed by atoms with van der Waals surface area (Å²) in [7, 11) is 0. The number of amides is 1. The number of carbonyl (C=O) groups is 2. The first-order chi connectivity index (χ1) is 10.5. The third-order valence-corrected chi connectivity index (χ3v) is 4.65. The molecule has 0 radical (unpaired) electrons. The van der Waals surface area contributed by atoms with E-state index in [4.69, 9.17) is 14.2 Å². The van der Waals surface area contributed by atoms with Gasteiger partial charge in [0, 0.05) is 20.4 Å². The molecule has 6 heteroatoms. The highest BCUT2D eigenvalue weighted by molar-refractivity contribution is 5.83. The molecular formula is C16H25NO5. The second-order valence-corrected chi connectivity index (χ2v) is 6.90. The number of hydrogen-bond donors (Lipinski definition) is 0. The summed E-state index contributed by atoms with van der Waals surface area (Å²) in [5.41, 5.74) is 0. The summed E-state index contributed by atoms with van der Waals surface area (Å²) in [6.07, 6.45) is 6.10. The Bertz CT molecular complexity index is 444. The fraction of sp³-hybridized carbons (Fsp3) is 0.875. The van der Waals surface area contributed by atoms with Crippen molar-refractivity contribution in [2.24, 2.45) is 0 Å². The van der Waals surface area contributed by atoms with Crippen molar-refractivity contribution in [2.45, 2.75) is 82.8 Å². The van der Waals surface area contributed by atoms with Gasteiger partial charge in [0.25, 0.3) is 0 Å². The second-order valence-electron chi connectivity index (χ2n) is 6.90. The topological polar surface area (TPSA) is 65.1 Å². The first kappa shape index (κ1) is 15.6. The normalized spacial score (nSPS) is 32.1. The van der Waals surface area contributed by atoms with Crippen molar-refractivity contribution in [1.82, 2.24) is 4.90 Å². The quantitative estimate of drug-likeness (QED) is 0.696. The third kappa shape index (κ3) is 3.21. The first-order valence-electron chi connectivity index (χ1n) is 8.34. The summed E-state index contributed by atoms with van der Waals surface area (Å²) in [6.45, 7) is 3.96. The van der Waals surface area contributed by atoms with E-state index in [0.717, 1.165) is 38.5 Å². The van der Waals surface area contributed by atoms with E-state index in [2.05, 4.69) is 0 Å². The van der Waals surface area contributed by atoms with Gasteiger partial charge in [-0.2, -0.15) is 0 Å². The van der Waals surface area contributed by atoms with Crippen molar-refractivity contribution in [3.05, 3.63) is 0 Å². The van der Waals surface area contributed by atoms with Gasteiger partial charge in [-0.05, 0) is 38.5 Å². The minimum absolute atomic E-state index is 0.0152. The minimum atomic E-state index is -0.922. The number of hydrogen-bond acceptors (Lipinski definition) is 5. The minimum Gasteiger partial charge on any atom is -0.446 e. The van der Waals surface area contributed by atoms with Gasteiger partial charge >= 0.3 is 12.1 Å². The molecule has 0 N–H and O–H groups in total. The largest absolute Gasteiger partial charge is 0.446 e. The molecule has 1 aliphatic carbocycles. The molecule has 124 valence electrons. The van der Waals surface area contributed by atoms with Crippen LogP contribution in [0.2, 0.25) is 0 Å². The average molecular weight is 311 g/mol. The highest BCUT2D eigenvalue weighted by Gasteiger charge is 2.49. The zero-order chi connectivity index (χ0) is 15.7. The number of fused-ring (bicyclic) bond motifs is 1. The van der Waals surface area contributed by atoms with E-state index < -0.39 is 17.9 Å². The molecule has 2 unspecified atom stereocenters. The summed E-state index contributed by atoms with van der Waals surface area (Å²) in [6, 6.07) is -0.669. The van der Waals surface area contributed by atoms with Crippen LogP contribution in [-0.4, -0.2) is 47.5 Å². The maximum absolute atomic E-state index is 12.5. The molecule has 3 fully saturated rings. The summed E-state index contributed by atoms with van der Waals surface area (Å²) < 4.78 is 16.7. The molecule has 3 aliphatic rings. The predicted molar refractivity (Wildman–Crippen MR) is 78.1 cm³/mol. The van der Waals surface area contributed by atoms with Crippen LogP contribution < -0.4 is 0 Å². The third-order valence-electron chi connectivity index (χ3n) is 4.65. The Balaban J connectivity index is 1.67. The van der Waals surface area contributed by atoms with E-state index in [1.807, 2.05) is 0 Å². The number of likely N-dealkylation sites (tertiary alicyclic amines) is 1. The van der Waals surface area contributed by atoms with Crippen LogP contribution in [0.3, 0.4) is 0 Å². The van der Waals surface area contributed by atoms with E-state index in [0.29, 0.717) is 6.54 Å². The maximum Gasteiger partial charge on any atom is 0.410 e. The lowest BCUT2D eigenvalue weighted by Crippen LogP contribution is -2.62. The predicted octanol–water partition coefficient (Wildman–Crippen LogP) is 2.60. The molecule has 22 heavy (non-hydrogen) atoms. The van der Waals surface area contributed by atoms with E-state index in [1.165, 1.54) is 11.3 Å². The molecule has 2 aliphatic heterocycles. The molecule has 6 nitrogen and oxygen atoms in total. The molecular weight excluding hydrogens is 286 g/mol. The fourth-order valence-corrected chi connectivity index (χ4v) is 3.65. The van der Waals surface area contributed by atoms with Crippen LogP contribution in [0.4, 0.5) is 4.79 Å². The Kier molecular flexibility index (Phi) is 4.30. The van der Waals surface area contributed by atoms with Crippen molar-refractivity contribution < 1.29 is 23.8 Å². The zero-order valence-electron chi connectivity index (χ0n) is 13.4. The van der Waals surface area contributed by atoms with Crippen molar-refractivity contribution in [1.29, 1.82) is 0 Å². The summed E-state index contributed by atoms with van der Waals surface area (Å²) in [4.78, 5) is 26.3. The molecule has 0 aromatic carbocycles. The number of carbonyl (C=O) groups excluding carboxylic acids is 2. The van der Waals surface area contributed by atoms with Crippen LogP contribution in [-0.2, 0) is 19.0 Å². The van der Waals surface area contributed by atoms with Gasteiger partial charge in [0.2, 0.25) is 5.79 Å². The average Bonchev–Trinajstić information content (AvgIpc) is 2.46. The van der Waals surface area contributed by atoms with Gasteiger partial charge in [-0.15, -0.1) is 0 Å². The van der Waals surface area contributed by atoms with Gasteiger partial charge in [-0.3, -0.25) is 4.90 Å². The molecule has 2 atom stereocenters. The Morgan fingerprint density at radius 2 is 1.91 bits per heavy atom. The Labute approximate surface area is 131 Å². The molecule has 1 amide bonds. The van der Waals surface area contributed by atoms with E-state index in [9.17, 15) is 9.59 Å². The van der Waals surface area contributed by atoms with Crippen molar-refractivity contribution >= 4 is 12.1 Å². The van der Waals surface area contributed by atoms with Crippen molar-refractivity contribution in [3.63, 3.8) is 0 Å². The van der Waals surface area contributed by atoms with Crippen LogP contribution in [0.15, 0.2) is 0 Å². The van der Waals surface area contributed by atoms with Gasteiger partial charge in [0.15, 0.2) is 6.04 Å². The monoisotopic (exact) mass is 311 g/mol. The van der Waals surface area contributed by atoms with Crippen molar-refractivity contribution in [3.8, 4) is 0 Å². The van der Waals surface area contributed by atoms with E-state index in [-0.39, 0.29) is 18.2 Å². The molecule has 0 bridgehead atoms. The molecule has 0 spiro atoms. The summed E-state index contributed by atoms with van der Waals surface area (Å²) in [5.74, 6) is -1.31. The molecule has 1 saturated carbocycles. The van der Waals surface area contributed by atoms with Crippen LogP contribution in [0.25, 0.3) is 0 Å². The fourth-order valence-electron chi connectivity index (χ4n) is 3.65. The highest BCUT2D eigenvalue weighted by atomic mass is 16.7. The van der Waals surface area contributed by atoms with Crippen LogP contribution >= 0.6 is 0 Å². The standard InChI is InChI=1S/C16H25NO5/c1-16(2)21-12-9-6-10-17(13(12)14(18)22-16)15(19)20-11-7-4-3-5-8-11/h11-13H,3-10H2,1-2H3. The SMILES string of the molecule is CC1(C)OC(=O)C2C(CCCN2C(=O)OC2CCCCC2)O1. The number of ether oxygens (including phenoxy) is 3. The van der Waals surface area contributed by atoms with Crippen LogP contribution in [0.1, 0.15) is 58.8 Å². The highest BCUT2D eigenvalue weighted by Crippen LogP contribution is 2.32. The first-order valence-corrected chi connectivity index (χ1v) is 8.34. The number of rotatable bonds is 1. The van der Waals surface area contributed by atoms with Crippen molar-refractivity contribution in [2.75, 3.05) is 6.54 Å². The van der Waals surface area contributed by atoms with Crippen LogP contribution in [0, 0.1) is 0 Å². The maximum atomic E-state index is 12.5. The van der Waals surface area contributed by atoms with E-state index >= 15 is 0 Å². The lowest BCUT2D eigenvalue weighted by Gasteiger charge is -2.46. The van der Waals surface area contributed by atoms with Gasteiger partial charge < -0.3 is 14.2 Å². The van der Waals surface area contributed by atoms with Gasteiger partial charge in [-0.1, -0.05) is 6.42 Å².